The van der Waals surface area contributed by atoms with Crippen LogP contribution in [0.1, 0.15) is 22.8 Å². The molecule has 0 unspecified atom stereocenters. The topological polar surface area (TPSA) is 41.5 Å². The third kappa shape index (κ3) is 4.63. The van der Waals surface area contributed by atoms with E-state index in [1.807, 2.05) is 6.07 Å². The Morgan fingerprint density at radius 3 is 2.73 bits per heavy atom. The summed E-state index contributed by atoms with van der Waals surface area (Å²) in [6.45, 7) is 1.72. The van der Waals surface area contributed by atoms with Crippen molar-refractivity contribution < 1.29 is 9.18 Å². The Morgan fingerprint density at radius 2 is 2.00 bits per heavy atom. The number of carbonyl (C=O) groups is 1. The van der Waals surface area contributed by atoms with Crippen LogP contribution >= 0.6 is 15.9 Å². The van der Waals surface area contributed by atoms with E-state index in [1.165, 1.54) is 6.07 Å². The summed E-state index contributed by atoms with van der Waals surface area (Å²) in [6, 6.07) is 13.4. The highest BCUT2D eigenvalue weighted by molar-refractivity contribution is 9.10. The largest absolute Gasteiger partial charge is 0.271 e. The van der Waals surface area contributed by atoms with Crippen LogP contribution in [0.2, 0.25) is 0 Å². The molecule has 3 nitrogen and oxygen atoms in total. The van der Waals surface area contributed by atoms with Crippen molar-refractivity contribution in [1.82, 2.24) is 5.43 Å². The van der Waals surface area contributed by atoms with E-state index in [4.69, 9.17) is 0 Å². The Morgan fingerprint density at radius 1 is 1.23 bits per heavy atom. The first-order valence-corrected chi connectivity index (χ1v) is 7.38. The van der Waals surface area contributed by atoms with Crippen LogP contribution < -0.4 is 5.43 Å². The fourth-order valence-electron chi connectivity index (χ4n) is 1.69. The van der Waals surface area contributed by atoms with Gasteiger partial charge in [0.1, 0.15) is 5.82 Å². The fraction of sp³-hybridized carbons (Fsp3) is 0.0588. The maximum Gasteiger partial charge on any atom is 0.271 e. The molecule has 0 fully saturated rings. The van der Waals surface area contributed by atoms with E-state index in [9.17, 15) is 9.18 Å². The second-order valence-corrected chi connectivity index (χ2v) is 5.47. The van der Waals surface area contributed by atoms with Gasteiger partial charge in [-0.2, -0.15) is 5.10 Å². The lowest BCUT2D eigenvalue weighted by atomic mass is 10.2. The van der Waals surface area contributed by atoms with Crippen LogP contribution in [0.15, 0.2) is 64.2 Å². The van der Waals surface area contributed by atoms with E-state index in [0.717, 1.165) is 4.47 Å². The van der Waals surface area contributed by atoms with Crippen molar-refractivity contribution in [3.63, 3.8) is 0 Å². The number of carbonyl (C=O) groups excluding carboxylic acids is 1. The third-order valence-corrected chi connectivity index (χ3v) is 3.32. The van der Waals surface area contributed by atoms with Crippen molar-refractivity contribution in [2.45, 2.75) is 6.92 Å². The van der Waals surface area contributed by atoms with Gasteiger partial charge in [-0.3, -0.25) is 4.79 Å². The van der Waals surface area contributed by atoms with Gasteiger partial charge in [0.05, 0.1) is 5.71 Å². The molecule has 5 heteroatoms. The number of halogens is 2. The number of hydrogen-bond acceptors (Lipinski definition) is 2. The molecule has 2 rings (SSSR count). The summed E-state index contributed by atoms with van der Waals surface area (Å²) in [5.74, 6) is -0.607. The quantitative estimate of drug-likeness (QED) is 0.636. The first-order valence-electron chi connectivity index (χ1n) is 6.59. The zero-order valence-corrected chi connectivity index (χ0v) is 13.5. The van der Waals surface area contributed by atoms with Gasteiger partial charge in [-0.25, -0.2) is 9.82 Å². The normalized spacial score (nSPS) is 11.7. The van der Waals surface area contributed by atoms with E-state index >= 15 is 0 Å². The van der Waals surface area contributed by atoms with Gasteiger partial charge in [0.25, 0.3) is 5.91 Å². The summed E-state index contributed by atoms with van der Waals surface area (Å²) >= 11 is 3.31. The monoisotopic (exact) mass is 360 g/mol. The second-order valence-electron chi connectivity index (χ2n) is 4.56. The molecule has 0 aromatic heterocycles. The van der Waals surface area contributed by atoms with E-state index in [2.05, 4.69) is 26.5 Å². The number of amides is 1. The Bertz CT molecular complexity index is 741. The smallest absolute Gasteiger partial charge is 0.267 e. The molecule has 2 aromatic rings. The molecule has 0 aliphatic heterocycles. The molecular formula is C17H14BrFN2O. The number of allylic oxidation sites excluding steroid dienone is 1. The molecule has 112 valence electrons. The predicted molar refractivity (Wildman–Crippen MR) is 90.2 cm³/mol. The predicted octanol–water partition coefficient (Wildman–Crippen LogP) is 4.41. The summed E-state index contributed by atoms with van der Waals surface area (Å²) < 4.78 is 14.3. The third-order valence-electron chi connectivity index (χ3n) is 2.83. The first-order chi connectivity index (χ1) is 10.6. The van der Waals surface area contributed by atoms with Gasteiger partial charge >= 0.3 is 0 Å². The van der Waals surface area contributed by atoms with Crippen LogP contribution in [-0.4, -0.2) is 11.6 Å². The highest BCUT2D eigenvalue weighted by atomic mass is 79.9. The lowest BCUT2D eigenvalue weighted by molar-refractivity contribution is 0.0955. The molecule has 0 heterocycles. The Hall–Kier alpha value is -2.27. The first kappa shape index (κ1) is 16.1. The minimum absolute atomic E-state index is 0.301. The number of nitrogens with one attached hydrogen (secondary N) is 1. The molecule has 0 saturated carbocycles. The van der Waals surface area contributed by atoms with Crippen molar-refractivity contribution in [2.75, 3.05) is 0 Å². The number of nitrogens with zero attached hydrogens (tertiary/aromatic N) is 1. The molecule has 0 saturated heterocycles. The summed E-state index contributed by atoms with van der Waals surface area (Å²) in [5.41, 5.74) is 3.99. The average molecular weight is 361 g/mol. The molecule has 0 bridgehead atoms. The summed E-state index contributed by atoms with van der Waals surface area (Å²) in [4.78, 5) is 11.9. The maximum atomic E-state index is 13.4. The van der Waals surface area contributed by atoms with E-state index in [-0.39, 0.29) is 11.7 Å². The molecule has 1 amide bonds. The van der Waals surface area contributed by atoms with Crippen LogP contribution in [0.25, 0.3) is 6.08 Å². The second kappa shape index (κ2) is 7.66. The maximum absolute atomic E-state index is 13.4. The van der Waals surface area contributed by atoms with Crippen LogP contribution in [0.4, 0.5) is 4.39 Å². The standard InChI is InChI=1S/C17H14BrFN2O/c1-12(9-10-13-5-2-3-8-16(13)19)20-21-17(22)14-6-4-7-15(18)11-14/h2-11H,1H3,(H,21,22)/b10-9+,20-12+. The lowest BCUT2D eigenvalue weighted by Crippen LogP contribution is -2.18. The van der Waals surface area contributed by atoms with E-state index < -0.39 is 0 Å². The Labute approximate surface area is 136 Å². The molecule has 1 N–H and O–H groups in total. The van der Waals surface area contributed by atoms with Crippen LogP contribution in [0.3, 0.4) is 0 Å². The van der Waals surface area contributed by atoms with Crippen molar-refractivity contribution in [2.24, 2.45) is 5.10 Å². The van der Waals surface area contributed by atoms with Crippen molar-refractivity contribution >= 4 is 33.6 Å². The number of benzene rings is 2. The van der Waals surface area contributed by atoms with Crippen molar-refractivity contribution in [3.8, 4) is 0 Å². The molecule has 0 radical (unpaired) electrons. The van der Waals surface area contributed by atoms with Crippen LogP contribution in [0, 0.1) is 5.82 Å². The number of rotatable bonds is 4. The fourth-order valence-corrected chi connectivity index (χ4v) is 2.09. The van der Waals surface area contributed by atoms with Gasteiger partial charge in [-0.05, 0) is 37.3 Å². The summed E-state index contributed by atoms with van der Waals surface area (Å²) in [6.07, 6.45) is 3.25. The highest BCUT2D eigenvalue weighted by Crippen LogP contribution is 2.11. The van der Waals surface area contributed by atoms with E-state index in [0.29, 0.717) is 16.8 Å². The Kier molecular flexibility index (Phi) is 5.61. The minimum atomic E-state index is -0.306. The van der Waals surface area contributed by atoms with Crippen LogP contribution in [0.5, 0.6) is 0 Å². The van der Waals surface area contributed by atoms with Gasteiger partial charge in [-0.15, -0.1) is 0 Å². The average Bonchev–Trinajstić information content (AvgIpc) is 2.52. The zero-order valence-electron chi connectivity index (χ0n) is 11.9. The van der Waals surface area contributed by atoms with E-state index in [1.54, 1.807) is 55.5 Å². The number of hydrazone groups is 1. The lowest BCUT2D eigenvalue weighted by Gasteiger charge is -2.01. The highest BCUT2D eigenvalue weighted by Gasteiger charge is 2.04. The van der Waals surface area contributed by atoms with Crippen molar-refractivity contribution in [3.05, 3.63) is 76.0 Å². The van der Waals surface area contributed by atoms with Gasteiger partial charge in [0.15, 0.2) is 0 Å². The molecule has 0 aliphatic carbocycles. The van der Waals surface area contributed by atoms with Gasteiger partial charge in [0.2, 0.25) is 0 Å². The minimum Gasteiger partial charge on any atom is -0.267 e. The van der Waals surface area contributed by atoms with Gasteiger partial charge in [-0.1, -0.05) is 46.3 Å². The molecule has 2 aromatic carbocycles. The molecule has 0 atom stereocenters. The SMILES string of the molecule is CC(/C=C/c1ccccc1F)=N\NC(=O)c1cccc(Br)c1. The molecule has 22 heavy (non-hydrogen) atoms. The zero-order chi connectivity index (χ0) is 15.9. The molecule has 0 aliphatic rings. The molecule has 0 spiro atoms. The number of hydrogen-bond donors (Lipinski definition) is 1. The van der Waals surface area contributed by atoms with Crippen molar-refractivity contribution in [1.29, 1.82) is 0 Å². The summed E-state index contributed by atoms with van der Waals surface area (Å²) in [7, 11) is 0. The summed E-state index contributed by atoms with van der Waals surface area (Å²) in [5, 5.41) is 3.97. The van der Waals surface area contributed by atoms with Crippen LogP contribution in [-0.2, 0) is 0 Å². The van der Waals surface area contributed by atoms with Gasteiger partial charge in [0, 0.05) is 15.6 Å². The molecular weight excluding hydrogens is 347 g/mol. The Balaban J connectivity index is 2.01. The van der Waals surface area contributed by atoms with Gasteiger partial charge < -0.3 is 0 Å².